The lowest BCUT2D eigenvalue weighted by Crippen LogP contribution is -2.18. The van der Waals surface area contributed by atoms with Crippen LogP contribution in [0.25, 0.3) is 0 Å². The van der Waals surface area contributed by atoms with Crippen molar-refractivity contribution < 1.29 is 0 Å². The molecule has 166 valence electrons. The average Bonchev–Trinajstić information content (AvgIpc) is 2.89. The molecule has 34 heavy (non-hydrogen) atoms. The van der Waals surface area contributed by atoms with Crippen molar-refractivity contribution in [2.45, 2.75) is 0 Å². The van der Waals surface area contributed by atoms with Gasteiger partial charge in [-0.05, 0) is 24.3 Å². The molecule has 0 fully saturated rings. The number of nitrogens with zero attached hydrogens (tertiary/aromatic N) is 8. The summed E-state index contributed by atoms with van der Waals surface area (Å²) in [7, 11) is 0. The monoisotopic (exact) mass is 448 g/mol. The predicted octanol–water partition coefficient (Wildman–Crippen LogP) is 4.16. The topological polar surface area (TPSA) is 136 Å². The van der Waals surface area contributed by atoms with E-state index in [0.29, 0.717) is 34.9 Å². The summed E-state index contributed by atoms with van der Waals surface area (Å²) in [4.78, 5) is 30.2. The van der Waals surface area contributed by atoms with Gasteiger partial charge in [-0.1, -0.05) is 36.4 Å². The fourth-order valence-electron chi connectivity index (χ4n) is 3.29. The van der Waals surface area contributed by atoms with Gasteiger partial charge in [0.25, 0.3) is 0 Å². The fraction of sp³-hybridized carbons (Fsp3) is 0. The molecule has 0 spiro atoms. The Morgan fingerprint density at radius 1 is 0.412 bits per heavy atom. The van der Waals surface area contributed by atoms with Crippen LogP contribution in [-0.4, -0.2) is 29.9 Å². The van der Waals surface area contributed by atoms with Crippen molar-refractivity contribution in [3.8, 4) is 0 Å². The molecular weight excluding hydrogens is 428 g/mol. The van der Waals surface area contributed by atoms with Crippen molar-refractivity contribution in [1.82, 2.24) is 29.9 Å². The van der Waals surface area contributed by atoms with Crippen LogP contribution in [-0.2, 0) is 0 Å². The second-order valence-corrected chi connectivity index (χ2v) is 7.22. The van der Waals surface area contributed by atoms with Crippen LogP contribution in [0.15, 0.2) is 97.8 Å². The van der Waals surface area contributed by atoms with E-state index in [4.69, 9.17) is 11.5 Å². The minimum absolute atomic E-state index is 0.318. The van der Waals surface area contributed by atoms with E-state index in [1.165, 1.54) is 24.8 Å². The van der Waals surface area contributed by atoms with Crippen molar-refractivity contribution in [2.24, 2.45) is 0 Å². The van der Waals surface area contributed by atoms with Crippen LogP contribution in [0.3, 0.4) is 0 Å². The summed E-state index contributed by atoms with van der Waals surface area (Å²) < 4.78 is 0. The molecule has 10 nitrogen and oxygen atoms in total. The molecular formula is C24H20N10. The Morgan fingerprint density at radius 3 is 1.18 bits per heavy atom. The third kappa shape index (κ3) is 4.28. The van der Waals surface area contributed by atoms with E-state index in [1.807, 2.05) is 65.6 Å². The van der Waals surface area contributed by atoms with Gasteiger partial charge < -0.3 is 11.5 Å². The van der Waals surface area contributed by atoms with Crippen LogP contribution < -0.4 is 21.3 Å². The first-order valence-electron chi connectivity index (χ1n) is 10.4. The highest BCUT2D eigenvalue weighted by Gasteiger charge is 2.20. The lowest BCUT2D eigenvalue weighted by Gasteiger charge is -2.24. The molecule has 5 rings (SSSR count). The zero-order chi connectivity index (χ0) is 23.3. The lowest BCUT2D eigenvalue weighted by molar-refractivity contribution is 0.989. The number of benzene rings is 2. The van der Waals surface area contributed by atoms with Gasteiger partial charge in [-0.2, -0.15) is 0 Å². The number of anilines is 8. The molecule has 2 aromatic carbocycles. The first-order chi connectivity index (χ1) is 16.7. The summed E-state index contributed by atoms with van der Waals surface area (Å²) in [5, 5.41) is 0. The third-order valence-electron chi connectivity index (χ3n) is 4.83. The zero-order valence-electron chi connectivity index (χ0n) is 18.0. The van der Waals surface area contributed by atoms with Crippen molar-refractivity contribution in [3.63, 3.8) is 0 Å². The second kappa shape index (κ2) is 9.17. The quantitative estimate of drug-likeness (QED) is 0.389. The Labute approximate surface area is 195 Å². The number of nitrogen functional groups attached to an aromatic ring is 2. The van der Waals surface area contributed by atoms with Gasteiger partial charge in [0.15, 0.2) is 0 Å². The smallest absolute Gasteiger partial charge is 0.237 e. The van der Waals surface area contributed by atoms with Crippen molar-refractivity contribution in [1.29, 1.82) is 0 Å². The van der Waals surface area contributed by atoms with Gasteiger partial charge in [-0.25, -0.2) is 34.8 Å². The van der Waals surface area contributed by atoms with E-state index in [1.54, 1.807) is 17.3 Å². The Hall–Kier alpha value is -5.12. The van der Waals surface area contributed by atoms with E-state index >= 15 is 0 Å². The SMILES string of the molecule is Nc1cnc(N(c2cnc(N(c3ccccc3)c3ccccc3)nc2)c2ncc(N)cn2)nc1. The van der Waals surface area contributed by atoms with E-state index < -0.39 is 0 Å². The first kappa shape index (κ1) is 20.8. The molecule has 10 heteroatoms. The van der Waals surface area contributed by atoms with E-state index in [2.05, 4.69) is 29.9 Å². The first-order valence-corrected chi connectivity index (χ1v) is 10.4. The maximum atomic E-state index is 5.77. The van der Waals surface area contributed by atoms with Crippen LogP contribution in [0.2, 0.25) is 0 Å². The number of nitrogens with two attached hydrogens (primary N) is 2. The summed E-state index contributed by atoms with van der Waals surface area (Å²) in [6.07, 6.45) is 9.37. The fourth-order valence-corrected chi connectivity index (χ4v) is 3.29. The number of para-hydroxylation sites is 2. The van der Waals surface area contributed by atoms with Gasteiger partial charge in [-0.3, -0.25) is 4.90 Å². The van der Waals surface area contributed by atoms with Gasteiger partial charge in [0.2, 0.25) is 17.8 Å². The Morgan fingerprint density at radius 2 is 0.765 bits per heavy atom. The predicted molar refractivity (Wildman–Crippen MR) is 131 cm³/mol. The highest BCUT2D eigenvalue weighted by atomic mass is 15.3. The molecule has 3 heterocycles. The van der Waals surface area contributed by atoms with Gasteiger partial charge in [0.05, 0.1) is 54.2 Å². The molecule has 0 saturated heterocycles. The standard InChI is InChI=1S/C24H20N10/c25-17-11-27-23(28-12-17)34(24-29-13-18(26)14-30-24)21-15-31-22(32-16-21)33(19-7-3-1-4-8-19)20-9-5-2-6-10-20/h1-16H,25-26H2. The van der Waals surface area contributed by atoms with Crippen molar-refractivity contribution in [3.05, 3.63) is 97.8 Å². The number of aromatic nitrogens is 6. The van der Waals surface area contributed by atoms with E-state index in [-0.39, 0.29) is 0 Å². The molecule has 0 amide bonds. The van der Waals surface area contributed by atoms with E-state index in [0.717, 1.165) is 11.4 Å². The molecule has 0 saturated carbocycles. The molecule has 5 aromatic rings. The highest BCUT2D eigenvalue weighted by Crippen LogP contribution is 2.33. The van der Waals surface area contributed by atoms with E-state index in [9.17, 15) is 0 Å². The van der Waals surface area contributed by atoms with Crippen LogP contribution >= 0.6 is 0 Å². The molecule has 0 atom stereocenters. The number of hydrogen-bond donors (Lipinski definition) is 2. The minimum atomic E-state index is 0.318. The summed E-state index contributed by atoms with van der Waals surface area (Å²) in [5.41, 5.74) is 14.8. The third-order valence-corrected chi connectivity index (χ3v) is 4.83. The zero-order valence-corrected chi connectivity index (χ0v) is 18.0. The largest absolute Gasteiger partial charge is 0.396 e. The normalized spacial score (nSPS) is 10.6. The Kier molecular flexibility index (Phi) is 5.60. The Bertz CT molecular complexity index is 1260. The average molecular weight is 448 g/mol. The van der Waals surface area contributed by atoms with Crippen LogP contribution in [0.5, 0.6) is 0 Å². The number of hydrogen-bond acceptors (Lipinski definition) is 10. The van der Waals surface area contributed by atoms with Gasteiger partial charge in [0.1, 0.15) is 0 Å². The minimum Gasteiger partial charge on any atom is -0.396 e. The Balaban J connectivity index is 1.57. The molecule has 0 aliphatic heterocycles. The van der Waals surface area contributed by atoms with Gasteiger partial charge in [-0.15, -0.1) is 0 Å². The van der Waals surface area contributed by atoms with Crippen LogP contribution in [0, 0.1) is 0 Å². The highest BCUT2D eigenvalue weighted by molar-refractivity contribution is 5.73. The maximum Gasteiger partial charge on any atom is 0.237 e. The molecule has 0 aliphatic rings. The molecule has 4 N–H and O–H groups in total. The molecule has 0 bridgehead atoms. The molecule has 0 unspecified atom stereocenters. The van der Waals surface area contributed by atoms with Crippen LogP contribution in [0.4, 0.5) is 46.3 Å². The maximum absolute atomic E-state index is 5.77. The number of rotatable bonds is 6. The van der Waals surface area contributed by atoms with Gasteiger partial charge in [0, 0.05) is 11.4 Å². The molecule has 3 aromatic heterocycles. The summed E-state index contributed by atoms with van der Waals surface area (Å²) in [6.45, 7) is 0. The van der Waals surface area contributed by atoms with Crippen molar-refractivity contribution >= 4 is 46.3 Å². The summed E-state index contributed by atoms with van der Waals surface area (Å²) in [5.74, 6) is 1.13. The molecule has 0 aliphatic carbocycles. The molecule has 0 radical (unpaired) electrons. The van der Waals surface area contributed by atoms with Crippen LogP contribution in [0.1, 0.15) is 0 Å². The second-order valence-electron chi connectivity index (χ2n) is 7.22. The summed E-state index contributed by atoms with van der Waals surface area (Å²) in [6, 6.07) is 19.8. The summed E-state index contributed by atoms with van der Waals surface area (Å²) >= 11 is 0. The van der Waals surface area contributed by atoms with Gasteiger partial charge >= 0.3 is 0 Å². The lowest BCUT2D eigenvalue weighted by atomic mass is 10.2. The van der Waals surface area contributed by atoms with Crippen molar-refractivity contribution in [2.75, 3.05) is 21.3 Å².